The fourth-order valence-electron chi connectivity index (χ4n) is 0.922. The van der Waals surface area contributed by atoms with E-state index in [0.29, 0.717) is 13.2 Å². The highest BCUT2D eigenvalue weighted by Gasteiger charge is 2.13. The van der Waals surface area contributed by atoms with E-state index in [2.05, 4.69) is 5.32 Å². The Labute approximate surface area is 90.8 Å². The maximum Gasteiger partial charge on any atom is 0.309 e. The molecule has 1 N–H and O–H groups in total. The van der Waals surface area contributed by atoms with Crippen molar-refractivity contribution in [3.8, 4) is 0 Å². The molecule has 5 heteroatoms. The molecule has 0 aromatic carbocycles. The summed E-state index contributed by atoms with van der Waals surface area (Å²) in [4.78, 5) is 23.9. The second-order valence-electron chi connectivity index (χ2n) is 3.57. The van der Waals surface area contributed by atoms with Gasteiger partial charge in [-0.05, 0) is 6.92 Å². The monoisotopic (exact) mass is 216 g/mol. The van der Waals surface area contributed by atoms with Crippen LogP contribution in [0.2, 0.25) is 0 Å². The summed E-state index contributed by atoms with van der Waals surface area (Å²) < 4.78 is 4.83. The first-order valence-corrected chi connectivity index (χ1v) is 5.06. The maximum absolute atomic E-state index is 11.2. The number of rotatable bonds is 6. The molecule has 1 unspecified atom stereocenters. The van der Waals surface area contributed by atoms with Gasteiger partial charge in [0.25, 0.3) is 0 Å². The van der Waals surface area contributed by atoms with Crippen LogP contribution in [-0.4, -0.2) is 50.6 Å². The number of nitrogens with zero attached hydrogens (tertiary/aromatic N) is 1. The zero-order chi connectivity index (χ0) is 11.8. The van der Waals surface area contributed by atoms with Crippen LogP contribution < -0.4 is 5.32 Å². The van der Waals surface area contributed by atoms with Crippen molar-refractivity contribution in [3.63, 3.8) is 0 Å². The molecular formula is C10H20N2O3. The summed E-state index contributed by atoms with van der Waals surface area (Å²) in [5.41, 5.74) is 0. The van der Waals surface area contributed by atoms with E-state index in [-0.39, 0.29) is 24.3 Å². The van der Waals surface area contributed by atoms with E-state index in [4.69, 9.17) is 4.74 Å². The first-order chi connectivity index (χ1) is 6.99. The van der Waals surface area contributed by atoms with Gasteiger partial charge in [0.1, 0.15) is 0 Å². The molecule has 0 saturated heterocycles. The lowest BCUT2D eigenvalue weighted by molar-refractivity contribution is -0.147. The Morgan fingerprint density at radius 2 is 2.00 bits per heavy atom. The Bertz CT molecular complexity index is 217. The summed E-state index contributed by atoms with van der Waals surface area (Å²) in [6.45, 7) is 4.63. The van der Waals surface area contributed by atoms with Crippen LogP contribution in [0.15, 0.2) is 0 Å². The van der Waals surface area contributed by atoms with Gasteiger partial charge >= 0.3 is 5.97 Å². The van der Waals surface area contributed by atoms with Gasteiger partial charge in [-0.25, -0.2) is 0 Å². The number of likely N-dealkylation sites (N-methyl/N-ethyl adjacent to an activating group) is 1. The molecule has 15 heavy (non-hydrogen) atoms. The number of carbonyl (C=O) groups excluding carboxylic acids is 2. The van der Waals surface area contributed by atoms with Gasteiger partial charge in [0.2, 0.25) is 5.91 Å². The van der Waals surface area contributed by atoms with Crippen molar-refractivity contribution in [1.29, 1.82) is 0 Å². The third kappa shape index (κ3) is 6.06. The zero-order valence-electron chi connectivity index (χ0n) is 9.87. The van der Waals surface area contributed by atoms with Crippen LogP contribution in [0.3, 0.4) is 0 Å². The standard InChI is InChI=1S/C10H20N2O3/c1-5-15-10(14)8(2)6-11-7-9(13)12(3)4/h8,11H,5-7H2,1-4H3. The fourth-order valence-corrected chi connectivity index (χ4v) is 0.922. The van der Waals surface area contributed by atoms with Crippen molar-refractivity contribution >= 4 is 11.9 Å². The fraction of sp³-hybridized carbons (Fsp3) is 0.800. The van der Waals surface area contributed by atoms with Crippen molar-refractivity contribution in [2.45, 2.75) is 13.8 Å². The Morgan fingerprint density at radius 1 is 1.40 bits per heavy atom. The van der Waals surface area contributed by atoms with E-state index in [1.807, 2.05) is 0 Å². The Morgan fingerprint density at radius 3 is 2.47 bits per heavy atom. The first-order valence-electron chi connectivity index (χ1n) is 5.06. The Kier molecular flexibility index (Phi) is 6.70. The summed E-state index contributed by atoms with van der Waals surface area (Å²) in [5, 5.41) is 2.91. The van der Waals surface area contributed by atoms with Crippen LogP contribution in [-0.2, 0) is 14.3 Å². The molecule has 0 aromatic heterocycles. The number of hydrogen-bond acceptors (Lipinski definition) is 4. The lowest BCUT2D eigenvalue weighted by Gasteiger charge is -2.13. The van der Waals surface area contributed by atoms with Crippen LogP contribution in [0.1, 0.15) is 13.8 Å². The van der Waals surface area contributed by atoms with E-state index in [1.54, 1.807) is 27.9 Å². The third-order valence-corrected chi connectivity index (χ3v) is 1.91. The average molecular weight is 216 g/mol. The quantitative estimate of drug-likeness (QED) is 0.628. The number of carbonyl (C=O) groups is 2. The smallest absolute Gasteiger partial charge is 0.309 e. The molecule has 0 heterocycles. The highest BCUT2D eigenvalue weighted by Crippen LogP contribution is 1.96. The van der Waals surface area contributed by atoms with E-state index in [0.717, 1.165) is 0 Å². The predicted octanol–water partition coefficient (Wildman–Crippen LogP) is -0.137. The average Bonchev–Trinajstić information content (AvgIpc) is 2.17. The van der Waals surface area contributed by atoms with Crippen molar-refractivity contribution < 1.29 is 14.3 Å². The maximum atomic E-state index is 11.2. The number of nitrogens with one attached hydrogen (secondary N) is 1. The Balaban J connectivity index is 3.67. The predicted molar refractivity (Wildman–Crippen MR) is 57.4 cm³/mol. The number of ether oxygens (including phenoxy) is 1. The minimum atomic E-state index is -0.234. The van der Waals surface area contributed by atoms with Gasteiger partial charge in [-0.1, -0.05) is 6.92 Å². The lowest BCUT2D eigenvalue weighted by Crippen LogP contribution is -2.36. The van der Waals surface area contributed by atoms with Crippen LogP contribution in [0.25, 0.3) is 0 Å². The highest BCUT2D eigenvalue weighted by atomic mass is 16.5. The SMILES string of the molecule is CCOC(=O)C(C)CNCC(=O)N(C)C. The summed E-state index contributed by atoms with van der Waals surface area (Å²) >= 11 is 0. The van der Waals surface area contributed by atoms with E-state index >= 15 is 0 Å². The van der Waals surface area contributed by atoms with Gasteiger partial charge in [-0.2, -0.15) is 0 Å². The summed E-state index contributed by atoms with van der Waals surface area (Å²) in [6.07, 6.45) is 0. The molecule has 0 radical (unpaired) electrons. The molecule has 0 aromatic rings. The lowest BCUT2D eigenvalue weighted by atomic mass is 10.2. The van der Waals surface area contributed by atoms with Crippen LogP contribution in [0, 0.1) is 5.92 Å². The molecule has 0 saturated carbocycles. The van der Waals surface area contributed by atoms with Crippen LogP contribution in [0.4, 0.5) is 0 Å². The zero-order valence-corrected chi connectivity index (χ0v) is 9.87. The normalized spacial score (nSPS) is 12.0. The number of hydrogen-bond donors (Lipinski definition) is 1. The van der Waals surface area contributed by atoms with Gasteiger partial charge in [0.05, 0.1) is 19.1 Å². The molecule has 0 aliphatic heterocycles. The summed E-state index contributed by atoms with van der Waals surface area (Å²) in [7, 11) is 3.39. The first kappa shape index (κ1) is 13.9. The second-order valence-corrected chi connectivity index (χ2v) is 3.57. The number of amides is 1. The summed E-state index contributed by atoms with van der Waals surface area (Å²) in [5.74, 6) is -0.465. The molecule has 0 spiro atoms. The van der Waals surface area contributed by atoms with Gasteiger partial charge in [0, 0.05) is 20.6 Å². The van der Waals surface area contributed by atoms with E-state index in [1.165, 1.54) is 4.90 Å². The van der Waals surface area contributed by atoms with E-state index in [9.17, 15) is 9.59 Å². The van der Waals surface area contributed by atoms with Gasteiger partial charge < -0.3 is 15.0 Å². The minimum Gasteiger partial charge on any atom is -0.466 e. The topological polar surface area (TPSA) is 58.6 Å². The largest absolute Gasteiger partial charge is 0.466 e. The van der Waals surface area contributed by atoms with Gasteiger partial charge in [0.15, 0.2) is 0 Å². The van der Waals surface area contributed by atoms with Crippen molar-refractivity contribution in [1.82, 2.24) is 10.2 Å². The van der Waals surface area contributed by atoms with Crippen molar-refractivity contribution in [2.75, 3.05) is 33.8 Å². The minimum absolute atomic E-state index is 0.00828. The Hall–Kier alpha value is -1.10. The summed E-state index contributed by atoms with van der Waals surface area (Å²) in [6, 6.07) is 0. The van der Waals surface area contributed by atoms with Crippen molar-refractivity contribution in [3.05, 3.63) is 0 Å². The van der Waals surface area contributed by atoms with Gasteiger partial charge in [-0.15, -0.1) is 0 Å². The molecule has 5 nitrogen and oxygen atoms in total. The molecule has 0 rings (SSSR count). The number of esters is 1. The third-order valence-electron chi connectivity index (χ3n) is 1.91. The van der Waals surface area contributed by atoms with E-state index < -0.39 is 0 Å². The molecule has 88 valence electrons. The van der Waals surface area contributed by atoms with Crippen LogP contribution >= 0.6 is 0 Å². The van der Waals surface area contributed by atoms with Crippen molar-refractivity contribution in [2.24, 2.45) is 5.92 Å². The molecule has 1 atom stereocenters. The second kappa shape index (κ2) is 7.23. The van der Waals surface area contributed by atoms with Crippen LogP contribution in [0.5, 0.6) is 0 Å². The molecule has 1 amide bonds. The molecular weight excluding hydrogens is 196 g/mol. The molecule has 0 aliphatic rings. The molecule has 0 aliphatic carbocycles. The van der Waals surface area contributed by atoms with Gasteiger partial charge in [-0.3, -0.25) is 9.59 Å². The molecule has 0 bridgehead atoms. The highest BCUT2D eigenvalue weighted by molar-refractivity contribution is 5.77. The molecule has 0 fully saturated rings.